The van der Waals surface area contributed by atoms with Crippen LogP contribution in [0.25, 0.3) is 0 Å². The average Bonchev–Trinajstić information content (AvgIpc) is 2.12. The van der Waals surface area contributed by atoms with E-state index in [1.807, 2.05) is 0 Å². The highest BCUT2D eigenvalue weighted by Gasteiger charge is 2.55. The van der Waals surface area contributed by atoms with E-state index < -0.39 is 0 Å². The number of hydrogen-bond donors (Lipinski definition) is 0. The molecule has 4 bridgehead atoms. The van der Waals surface area contributed by atoms with Gasteiger partial charge in [-0.15, -0.1) is 0 Å². The standard InChI is InChI=1S/C11H16Br2/c12-6-11-4-7-1-8(5-11)3-9(2-7)10(11)13/h7-10H,1-6H2/t7-,8+,9?,10?,11?. The summed E-state index contributed by atoms with van der Waals surface area (Å²) in [5, 5.41) is 1.22. The first-order valence-corrected chi connectivity index (χ1v) is 7.47. The minimum absolute atomic E-state index is 0.634. The summed E-state index contributed by atoms with van der Waals surface area (Å²) in [6.45, 7) is 0. The van der Waals surface area contributed by atoms with E-state index in [4.69, 9.17) is 0 Å². The van der Waals surface area contributed by atoms with Gasteiger partial charge in [0.15, 0.2) is 0 Å². The Hall–Kier alpha value is 0.960. The molecule has 4 aliphatic rings. The SMILES string of the molecule is BrCC12C[C@@H]3CC(C[C@@H](C3)C1)C2Br. The second-order valence-electron chi connectivity index (χ2n) is 5.51. The van der Waals surface area contributed by atoms with E-state index in [-0.39, 0.29) is 0 Å². The third-order valence-corrected chi connectivity index (χ3v) is 7.43. The van der Waals surface area contributed by atoms with Gasteiger partial charge in [-0.05, 0) is 55.3 Å². The van der Waals surface area contributed by atoms with Gasteiger partial charge in [-0.2, -0.15) is 0 Å². The zero-order valence-corrected chi connectivity index (χ0v) is 11.0. The molecule has 2 heteroatoms. The van der Waals surface area contributed by atoms with E-state index in [1.165, 1.54) is 31.0 Å². The Morgan fingerprint density at radius 2 is 1.69 bits per heavy atom. The van der Waals surface area contributed by atoms with Crippen molar-refractivity contribution in [3.63, 3.8) is 0 Å². The van der Waals surface area contributed by atoms with Gasteiger partial charge in [-0.1, -0.05) is 31.9 Å². The van der Waals surface area contributed by atoms with Crippen LogP contribution in [0.15, 0.2) is 0 Å². The predicted molar refractivity (Wildman–Crippen MR) is 62.5 cm³/mol. The highest BCUT2D eigenvalue weighted by Crippen LogP contribution is 2.62. The minimum Gasteiger partial charge on any atom is -0.0922 e. The van der Waals surface area contributed by atoms with Crippen LogP contribution >= 0.6 is 31.9 Å². The number of rotatable bonds is 1. The van der Waals surface area contributed by atoms with Crippen molar-refractivity contribution in [3.8, 4) is 0 Å². The second kappa shape index (κ2) is 2.98. The smallest absolute Gasteiger partial charge is 0.0238 e. The van der Waals surface area contributed by atoms with Crippen LogP contribution in [0.4, 0.5) is 0 Å². The van der Waals surface area contributed by atoms with Gasteiger partial charge in [-0.3, -0.25) is 0 Å². The molecule has 0 saturated heterocycles. The van der Waals surface area contributed by atoms with Crippen LogP contribution in [0, 0.1) is 23.2 Å². The summed E-state index contributed by atoms with van der Waals surface area (Å²) >= 11 is 7.72. The molecule has 4 saturated carbocycles. The van der Waals surface area contributed by atoms with Crippen molar-refractivity contribution in [1.29, 1.82) is 0 Å². The highest BCUT2D eigenvalue weighted by molar-refractivity contribution is 9.10. The summed E-state index contributed by atoms with van der Waals surface area (Å²) in [6, 6.07) is 0. The van der Waals surface area contributed by atoms with E-state index in [2.05, 4.69) is 31.9 Å². The van der Waals surface area contributed by atoms with Gasteiger partial charge < -0.3 is 0 Å². The maximum absolute atomic E-state index is 3.97. The first-order valence-electron chi connectivity index (χ1n) is 5.43. The molecule has 0 aliphatic heterocycles. The molecule has 0 amide bonds. The normalized spacial score (nSPS) is 58.6. The lowest BCUT2D eigenvalue weighted by Gasteiger charge is -2.59. The lowest BCUT2D eigenvalue weighted by molar-refractivity contribution is -0.0277. The molecule has 0 aromatic heterocycles. The molecule has 4 aliphatic carbocycles. The molecule has 0 nitrogen and oxygen atoms in total. The lowest BCUT2D eigenvalue weighted by Crippen LogP contribution is -2.54. The summed E-state index contributed by atoms with van der Waals surface area (Å²) in [5.74, 6) is 3.15. The van der Waals surface area contributed by atoms with Crippen LogP contribution in [-0.4, -0.2) is 10.2 Å². The number of hydrogen-bond acceptors (Lipinski definition) is 0. The summed E-state index contributed by atoms with van der Waals surface area (Å²) in [4.78, 5) is 0.812. The molecule has 4 rings (SSSR count). The quantitative estimate of drug-likeness (QED) is 0.643. The van der Waals surface area contributed by atoms with Crippen molar-refractivity contribution in [3.05, 3.63) is 0 Å². The van der Waals surface area contributed by atoms with Crippen molar-refractivity contribution in [2.45, 2.75) is 36.9 Å². The Kier molecular flexibility index (Phi) is 2.11. The molecule has 5 atom stereocenters. The fourth-order valence-electron chi connectivity index (χ4n) is 4.33. The summed E-state index contributed by atoms with van der Waals surface area (Å²) in [7, 11) is 0. The van der Waals surface area contributed by atoms with E-state index in [0.717, 1.165) is 22.6 Å². The Morgan fingerprint density at radius 1 is 1.08 bits per heavy atom. The van der Waals surface area contributed by atoms with E-state index in [1.54, 1.807) is 6.42 Å². The zero-order valence-electron chi connectivity index (χ0n) is 7.81. The Morgan fingerprint density at radius 3 is 2.23 bits per heavy atom. The van der Waals surface area contributed by atoms with Gasteiger partial charge in [0.25, 0.3) is 0 Å². The molecule has 0 N–H and O–H groups in total. The Bertz CT molecular complexity index is 212. The van der Waals surface area contributed by atoms with Crippen LogP contribution in [0.3, 0.4) is 0 Å². The molecule has 13 heavy (non-hydrogen) atoms. The zero-order chi connectivity index (χ0) is 9.05. The predicted octanol–water partition coefficient (Wildman–Crippen LogP) is 3.97. The van der Waals surface area contributed by atoms with E-state index in [9.17, 15) is 0 Å². The molecule has 0 aromatic carbocycles. The summed E-state index contributed by atoms with van der Waals surface area (Å²) < 4.78 is 0. The highest BCUT2D eigenvalue weighted by atomic mass is 79.9. The Balaban J connectivity index is 1.95. The average molecular weight is 308 g/mol. The maximum Gasteiger partial charge on any atom is 0.0238 e. The first-order chi connectivity index (χ1) is 6.23. The van der Waals surface area contributed by atoms with Gasteiger partial charge in [0.05, 0.1) is 0 Å². The molecule has 3 unspecified atom stereocenters. The van der Waals surface area contributed by atoms with Crippen LogP contribution in [0.1, 0.15) is 32.1 Å². The molecule has 4 fully saturated rings. The largest absolute Gasteiger partial charge is 0.0922 e. The molecule has 74 valence electrons. The lowest BCUT2D eigenvalue weighted by atomic mass is 9.50. The van der Waals surface area contributed by atoms with Crippen LogP contribution in [0.2, 0.25) is 0 Å². The first kappa shape index (κ1) is 9.21. The van der Waals surface area contributed by atoms with Gasteiger partial charge in [0.2, 0.25) is 0 Å². The van der Waals surface area contributed by atoms with Gasteiger partial charge in [0.1, 0.15) is 0 Å². The van der Waals surface area contributed by atoms with Crippen LogP contribution < -0.4 is 0 Å². The topological polar surface area (TPSA) is 0 Å². The summed E-state index contributed by atoms with van der Waals surface area (Å²) in [6.07, 6.45) is 7.55. The van der Waals surface area contributed by atoms with E-state index >= 15 is 0 Å². The number of halogens is 2. The molecule has 0 heterocycles. The maximum atomic E-state index is 3.97. The van der Waals surface area contributed by atoms with Crippen molar-refractivity contribution in [1.82, 2.24) is 0 Å². The van der Waals surface area contributed by atoms with Gasteiger partial charge in [0, 0.05) is 10.2 Å². The third-order valence-electron chi connectivity index (χ3n) is 4.59. The molecule has 0 radical (unpaired) electrons. The van der Waals surface area contributed by atoms with Crippen molar-refractivity contribution in [2.24, 2.45) is 23.2 Å². The van der Waals surface area contributed by atoms with Crippen molar-refractivity contribution in [2.75, 3.05) is 5.33 Å². The van der Waals surface area contributed by atoms with Crippen molar-refractivity contribution >= 4 is 31.9 Å². The van der Waals surface area contributed by atoms with Gasteiger partial charge >= 0.3 is 0 Å². The van der Waals surface area contributed by atoms with Crippen LogP contribution in [-0.2, 0) is 0 Å². The molecular formula is C11H16Br2. The monoisotopic (exact) mass is 306 g/mol. The fraction of sp³-hybridized carbons (Fsp3) is 1.00. The third kappa shape index (κ3) is 1.20. The van der Waals surface area contributed by atoms with Gasteiger partial charge in [-0.25, -0.2) is 0 Å². The van der Waals surface area contributed by atoms with Crippen LogP contribution in [0.5, 0.6) is 0 Å². The van der Waals surface area contributed by atoms with E-state index in [0.29, 0.717) is 5.41 Å². The molecule has 0 spiro atoms. The minimum atomic E-state index is 0.634. The number of alkyl halides is 2. The fourth-order valence-corrected chi connectivity index (χ4v) is 6.54. The van der Waals surface area contributed by atoms with Crippen molar-refractivity contribution < 1.29 is 0 Å². The Labute approximate surface area is 97.1 Å². The molecular weight excluding hydrogens is 292 g/mol. The molecule has 0 aromatic rings. The second-order valence-corrected chi connectivity index (χ2v) is 7.05. The summed E-state index contributed by atoms with van der Waals surface area (Å²) in [5.41, 5.74) is 0.634.